The van der Waals surface area contributed by atoms with Crippen molar-refractivity contribution in [2.75, 3.05) is 6.26 Å². The van der Waals surface area contributed by atoms with Crippen LogP contribution in [0.15, 0.2) is 30.0 Å². The van der Waals surface area contributed by atoms with Crippen LogP contribution in [0.5, 0.6) is 0 Å². The first-order chi connectivity index (χ1) is 9.85. The van der Waals surface area contributed by atoms with Gasteiger partial charge in [-0.3, -0.25) is 4.21 Å². The Kier molecular flexibility index (Phi) is 4.38. The maximum Gasteiger partial charge on any atom is 0.342 e. The molecule has 7 nitrogen and oxygen atoms in total. The number of nitro groups is 1. The molecule has 1 heterocycles. The van der Waals surface area contributed by atoms with E-state index in [9.17, 15) is 14.3 Å². The zero-order valence-corrected chi connectivity index (χ0v) is 12.9. The highest BCUT2D eigenvalue weighted by Gasteiger charge is 2.35. The van der Waals surface area contributed by atoms with Gasteiger partial charge in [-0.15, -0.1) is 0 Å². The Bertz CT molecular complexity index is 650. The second-order valence-corrected chi connectivity index (χ2v) is 6.55. The number of rotatable bonds is 5. The third kappa shape index (κ3) is 3.11. The predicted octanol–water partition coefficient (Wildman–Crippen LogP) is 1.83. The molecule has 0 spiro atoms. The summed E-state index contributed by atoms with van der Waals surface area (Å²) in [7, 11) is 0.322. The molecule has 8 heteroatoms. The third-order valence-electron chi connectivity index (χ3n) is 3.44. The highest BCUT2D eigenvalue weighted by molar-refractivity contribution is 7.85. The van der Waals surface area contributed by atoms with Gasteiger partial charge in [0.05, 0.1) is 17.8 Å². The van der Waals surface area contributed by atoms with Gasteiger partial charge in [0.25, 0.3) is 0 Å². The molecule has 0 radical (unpaired) electrons. The van der Waals surface area contributed by atoms with Gasteiger partial charge in [-0.1, -0.05) is 17.7 Å². The first-order valence-electron chi connectivity index (χ1n) is 6.33. The molecule has 0 amide bonds. The summed E-state index contributed by atoms with van der Waals surface area (Å²) < 4.78 is 19.2. The number of aromatic nitrogens is 2. The first kappa shape index (κ1) is 15.6. The van der Waals surface area contributed by atoms with Gasteiger partial charge in [0.2, 0.25) is 5.82 Å². The van der Waals surface area contributed by atoms with Crippen molar-refractivity contribution in [3.05, 3.63) is 45.9 Å². The van der Waals surface area contributed by atoms with E-state index in [1.54, 1.807) is 19.4 Å². The number of ether oxygens (including phenoxy) is 1. The van der Waals surface area contributed by atoms with Crippen molar-refractivity contribution in [2.24, 2.45) is 7.05 Å². The molecule has 0 N–H and O–H groups in total. The minimum atomic E-state index is -1.23. The van der Waals surface area contributed by atoms with Crippen LogP contribution in [0.25, 0.3) is 0 Å². The zero-order chi connectivity index (χ0) is 15.6. The lowest BCUT2D eigenvalue weighted by Crippen LogP contribution is -2.36. The molecule has 2 unspecified atom stereocenters. The van der Waals surface area contributed by atoms with Crippen LogP contribution in [0, 0.1) is 10.1 Å². The van der Waals surface area contributed by atoms with Crippen molar-refractivity contribution in [2.45, 2.75) is 24.9 Å². The largest absolute Gasteiger partial charge is 0.358 e. The minimum Gasteiger partial charge on any atom is -0.358 e. The SMILES string of the molecule is CC1=CC=CC(OCc2ncc([N+](=O)[O-])n2C)(S(C)=O)C1. The van der Waals surface area contributed by atoms with Gasteiger partial charge in [0.1, 0.15) is 12.8 Å². The van der Waals surface area contributed by atoms with Crippen molar-refractivity contribution in [3.63, 3.8) is 0 Å². The summed E-state index contributed by atoms with van der Waals surface area (Å²) in [5.41, 5.74) is 1.07. The van der Waals surface area contributed by atoms with Crippen LogP contribution in [0.1, 0.15) is 19.2 Å². The van der Waals surface area contributed by atoms with E-state index in [1.807, 2.05) is 19.1 Å². The average Bonchev–Trinajstić information content (AvgIpc) is 2.77. The molecule has 0 fully saturated rings. The summed E-state index contributed by atoms with van der Waals surface area (Å²) in [6.45, 7) is 2.00. The fourth-order valence-electron chi connectivity index (χ4n) is 2.17. The molecule has 2 rings (SSSR count). The van der Waals surface area contributed by atoms with E-state index in [1.165, 1.54) is 10.8 Å². The molecule has 0 aliphatic heterocycles. The van der Waals surface area contributed by atoms with Crippen molar-refractivity contribution < 1.29 is 13.9 Å². The van der Waals surface area contributed by atoms with Gasteiger partial charge in [0, 0.05) is 12.7 Å². The van der Waals surface area contributed by atoms with Gasteiger partial charge >= 0.3 is 5.82 Å². The maximum atomic E-state index is 12.1. The van der Waals surface area contributed by atoms with Crippen LogP contribution in [-0.4, -0.2) is 29.9 Å². The van der Waals surface area contributed by atoms with Gasteiger partial charge in [-0.2, -0.15) is 0 Å². The van der Waals surface area contributed by atoms with Crippen LogP contribution < -0.4 is 0 Å². The summed E-state index contributed by atoms with van der Waals surface area (Å²) in [6, 6.07) is 0. The highest BCUT2D eigenvalue weighted by Crippen LogP contribution is 2.30. The molecule has 0 aromatic carbocycles. The third-order valence-corrected chi connectivity index (χ3v) is 4.81. The topological polar surface area (TPSA) is 87.3 Å². The zero-order valence-electron chi connectivity index (χ0n) is 12.1. The van der Waals surface area contributed by atoms with E-state index in [-0.39, 0.29) is 12.4 Å². The number of hydrogen-bond donors (Lipinski definition) is 0. The molecule has 0 saturated heterocycles. The molecule has 0 bridgehead atoms. The Morgan fingerprint density at radius 2 is 2.33 bits per heavy atom. The summed E-state index contributed by atoms with van der Waals surface area (Å²) in [4.78, 5) is 13.4. The quantitative estimate of drug-likeness (QED) is 0.611. The van der Waals surface area contributed by atoms with Crippen LogP contribution in [-0.2, 0) is 29.2 Å². The second-order valence-electron chi connectivity index (χ2n) is 4.95. The number of hydrogen-bond acceptors (Lipinski definition) is 5. The normalized spacial score (nSPS) is 22.9. The Hall–Kier alpha value is -1.80. The lowest BCUT2D eigenvalue weighted by atomic mass is 10.0. The smallest absolute Gasteiger partial charge is 0.342 e. The molecule has 2 atom stereocenters. The van der Waals surface area contributed by atoms with Crippen molar-refractivity contribution in [1.29, 1.82) is 0 Å². The standard InChI is InChI=1S/C13H17N3O4S/c1-10-5-4-6-13(7-10,21(3)19)20-9-11-14-8-12(15(11)2)16(17)18/h4-6,8H,7,9H2,1-3H3. The number of imidazole rings is 1. The van der Waals surface area contributed by atoms with E-state index in [0.717, 1.165) is 5.57 Å². The molecule has 1 aromatic heterocycles. The van der Waals surface area contributed by atoms with Gasteiger partial charge in [-0.25, -0.2) is 9.55 Å². The monoisotopic (exact) mass is 311 g/mol. The predicted molar refractivity (Wildman–Crippen MR) is 79.0 cm³/mol. The summed E-state index contributed by atoms with van der Waals surface area (Å²) in [5, 5.41) is 10.8. The van der Waals surface area contributed by atoms with Crippen molar-refractivity contribution in [3.8, 4) is 0 Å². The second kappa shape index (κ2) is 5.90. The Balaban J connectivity index is 2.18. The molecule has 114 valence electrons. The van der Waals surface area contributed by atoms with Crippen LogP contribution >= 0.6 is 0 Å². The molecule has 1 aliphatic carbocycles. The Labute approximate surface area is 124 Å². The van der Waals surface area contributed by atoms with Gasteiger partial charge in [0.15, 0.2) is 4.93 Å². The molecule has 1 aliphatic rings. The maximum absolute atomic E-state index is 12.1. The number of nitrogens with zero attached hydrogens (tertiary/aromatic N) is 3. The average molecular weight is 311 g/mol. The van der Waals surface area contributed by atoms with Crippen molar-refractivity contribution in [1.82, 2.24) is 9.55 Å². The minimum absolute atomic E-state index is 0.0571. The lowest BCUT2D eigenvalue weighted by Gasteiger charge is -2.30. The first-order valence-corrected chi connectivity index (χ1v) is 7.89. The highest BCUT2D eigenvalue weighted by atomic mass is 32.2. The van der Waals surface area contributed by atoms with E-state index in [0.29, 0.717) is 12.2 Å². The Morgan fingerprint density at radius 3 is 2.86 bits per heavy atom. The van der Waals surface area contributed by atoms with Crippen LogP contribution in [0.2, 0.25) is 0 Å². The molecular formula is C13H17N3O4S. The van der Waals surface area contributed by atoms with E-state index >= 15 is 0 Å². The lowest BCUT2D eigenvalue weighted by molar-refractivity contribution is -0.391. The molecule has 21 heavy (non-hydrogen) atoms. The van der Waals surface area contributed by atoms with E-state index in [4.69, 9.17) is 4.74 Å². The van der Waals surface area contributed by atoms with E-state index < -0.39 is 20.7 Å². The molecule has 1 aromatic rings. The van der Waals surface area contributed by atoms with Gasteiger partial charge < -0.3 is 14.9 Å². The Morgan fingerprint density at radius 1 is 1.62 bits per heavy atom. The fourth-order valence-corrected chi connectivity index (χ4v) is 3.10. The summed E-state index contributed by atoms with van der Waals surface area (Å²) in [5.74, 6) is 0.322. The van der Waals surface area contributed by atoms with Gasteiger partial charge in [-0.05, 0) is 17.9 Å². The molecular weight excluding hydrogens is 294 g/mol. The summed E-state index contributed by atoms with van der Waals surface area (Å²) >= 11 is 0. The van der Waals surface area contributed by atoms with E-state index in [2.05, 4.69) is 4.98 Å². The summed E-state index contributed by atoms with van der Waals surface area (Å²) in [6.07, 6.45) is 8.84. The fraction of sp³-hybridized carbons (Fsp3) is 0.462. The van der Waals surface area contributed by atoms with Crippen molar-refractivity contribution >= 4 is 16.6 Å². The molecule has 0 saturated carbocycles. The van der Waals surface area contributed by atoms with Crippen LogP contribution in [0.3, 0.4) is 0 Å². The number of allylic oxidation sites excluding steroid dienone is 2. The van der Waals surface area contributed by atoms with Crippen LogP contribution in [0.4, 0.5) is 5.82 Å².